The van der Waals surface area contributed by atoms with Crippen LogP contribution in [0.3, 0.4) is 0 Å². The Labute approximate surface area is 179 Å². The lowest BCUT2D eigenvalue weighted by Gasteiger charge is -2.30. The van der Waals surface area contributed by atoms with Crippen LogP contribution >= 0.6 is 11.3 Å². The molecular formula is C23H23N3O3S. The number of fused-ring (bicyclic) bond motifs is 1. The number of benzene rings is 1. The molecule has 0 saturated carbocycles. The molecule has 3 heterocycles. The highest BCUT2D eigenvalue weighted by atomic mass is 32.1. The monoisotopic (exact) mass is 421 g/mol. The Morgan fingerprint density at radius 1 is 1.20 bits per heavy atom. The molecule has 4 rings (SSSR count). The van der Waals surface area contributed by atoms with Crippen LogP contribution in [0.15, 0.2) is 47.8 Å². The number of nitrogens with one attached hydrogen (secondary N) is 1. The molecule has 1 amide bonds. The third-order valence-electron chi connectivity index (χ3n) is 5.11. The largest absolute Gasteiger partial charge is 0.462 e. The molecule has 0 radical (unpaired) electrons. The maximum absolute atomic E-state index is 12.9. The smallest absolute Gasteiger partial charge is 0.339 e. The average Bonchev–Trinajstić information content (AvgIpc) is 3.22. The maximum Gasteiger partial charge on any atom is 0.339 e. The highest BCUT2D eigenvalue weighted by Crippen LogP contribution is 2.32. The van der Waals surface area contributed by atoms with Gasteiger partial charge in [0.15, 0.2) is 0 Å². The lowest BCUT2D eigenvalue weighted by molar-refractivity contribution is 0.0524. The maximum atomic E-state index is 12.9. The topological polar surface area (TPSA) is 71.5 Å². The number of hydrogen-bond donors (Lipinski definition) is 1. The van der Waals surface area contributed by atoms with Gasteiger partial charge in [0.25, 0.3) is 5.91 Å². The lowest BCUT2D eigenvalue weighted by atomic mass is 10.1. The predicted octanol–water partition coefficient (Wildman–Crippen LogP) is 4.44. The first-order valence-electron chi connectivity index (χ1n) is 9.92. The molecule has 0 fully saturated rings. The van der Waals surface area contributed by atoms with E-state index in [1.165, 1.54) is 10.4 Å². The van der Waals surface area contributed by atoms with Gasteiger partial charge >= 0.3 is 5.97 Å². The van der Waals surface area contributed by atoms with Crippen LogP contribution in [0.4, 0.5) is 11.4 Å². The average molecular weight is 422 g/mol. The van der Waals surface area contributed by atoms with Crippen LogP contribution in [0.2, 0.25) is 0 Å². The molecule has 0 aliphatic carbocycles. The van der Waals surface area contributed by atoms with Crippen molar-refractivity contribution in [2.75, 3.05) is 23.4 Å². The number of carbonyl (C=O) groups excluding carboxylic acids is 2. The van der Waals surface area contributed by atoms with E-state index < -0.39 is 5.97 Å². The summed E-state index contributed by atoms with van der Waals surface area (Å²) < 4.78 is 5.02. The molecular weight excluding hydrogens is 398 g/mol. The summed E-state index contributed by atoms with van der Waals surface area (Å²) in [6, 6.07) is 13.1. The SMILES string of the molecule is CCOC(=O)c1ccc(C(=O)Nc2ccccc2N2CCc3sccc3C2)nc1C. The summed E-state index contributed by atoms with van der Waals surface area (Å²) in [7, 11) is 0. The predicted molar refractivity (Wildman–Crippen MR) is 118 cm³/mol. The van der Waals surface area contributed by atoms with E-state index in [9.17, 15) is 9.59 Å². The standard InChI is InChI=1S/C23H23N3O3S/c1-3-29-23(28)17-8-9-19(24-15(17)2)22(27)25-18-6-4-5-7-20(18)26-12-10-21-16(14-26)11-13-30-21/h4-9,11,13H,3,10,12,14H2,1-2H3,(H,25,27). The number of aryl methyl sites for hydroxylation is 1. The second-order valence-corrected chi connectivity index (χ2v) is 8.06. The number of aromatic nitrogens is 1. The van der Waals surface area contributed by atoms with Crippen molar-refractivity contribution in [3.8, 4) is 0 Å². The molecule has 0 saturated heterocycles. The minimum absolute atomic E-state index is 0.258. The number of amides is 1. The van der Waals surface area contributed by atoms with E-state index in [2.05, 4.69) is 26.6 Å². The highest BCUT2D eigenvalue weighted by molar-refractivity contribution is 7.10. The van der Waals surface area contributed by atoms with Gasteiger partial charge in [0.2, 0.25) is 0 Å². The molecule has 0 bridgehead atoms. The molecule has 154 valence electrons. The van der Waals surface area contributed by atoms with Gasteiger partial charge in [0, 0.05) is 18.0 Å². The number of para-hydroxylation sites is 2. The number of rotatable bonds is 5. The Hall–Kier alpha value is -3.19. The second kappa shape index (κ2) is 8.67. The summed E-state index contributed by atoms with van der Waals surface area (Å²) in [5, 5.41) is 5.12. The van der Waals surface area contributed by atoms with E-state index in [0.29, 0.717) is 17.9 Å². The quantitative estimate of drug-likeness (QED) is 0.617. The molecule has 0 atom stereocenters. The third-order valence-corrected chi connectivity index (χ3v) is 6.14. The van der Waals surface area contributed by atoms with Gasteiger partial charge in [0.1, 0.15) is 5.69 Å². The van der Waals surface area contributed by atoms with Crippen LogP contribution in [0.25, 0.3) is 0 Å². The van der Waals surface area contributed by atoms with Gasteiger partial charge in [-0.1, -0.05) is 12.1 Å². The fourth-order valence-corrected chi connectivity index (χ4v) is 4.50. The lowest BCUT2D eigenvalue weighted by Crippen LogP contribution is -2.30. The normalized spacial score (nSPS) is 12.9. The Kier molecular flexibility index (Phi) is 5.81. The number of anilines is 2. The van der Waals surface area contributed by atoms with Crippen LogP contribution in [-0.2, 0) is 17.7 Å². The van der Waals surface area contributed by atoms with Crippen molar-refractivity contribution in [2.45, 2.75) is 26.8 Å². The number of ether oxygens (including phenoxy) is 1. The van der Waals surface area contributed by atoms with Gasteiger partial charge < -0.3 is 15.0 Å². The zero-order valence-electron chi connectivity index (χ0n) is 17.0. The minimum Gasteiger partial charge on any atom is -0.462 e. The van der Waals surface area contributed by atoms with E-state index >= 15 is 0 Å². The van der Waals surface area contributed by atoms with E-state index in [1.54, 1.807) is 37.3 Å². The first kappa shape index (κ1) is 20.1. The zero-order chi connectivity index (χ0) is 21.1. The molecule has 1 N–H and O–H groups in total. The molecule has 1 aliphatic rings. The van der Waals surface area contributed by atoms with Crippen molar-refractivity contribution >= 4 is 34.6 Å². The van der Waals surface area contributed by atoms with Crippen molar-refractivity contribution < 1.29 is 14.3 Å². The second-order valence-electron chi connectivity index (χ2n) is 7.06. The fourth-order valence-electron chi connectivity index (χ4n) is 3.61. The highest BCUT2D eigenvalue weighted by Gasteiger charge is 2.21. The third kappa shape index (κ3) is 4.07. The van der Waals surface area contributed by atoms with Gasteiger partial charge in [-0.05, 0) is 61.5 Å². The van der Waals surface area contributed by atoms with E-state index in [-0.39, 0.29) is 11.6 Å². The molecule has 0 unspecified atom stereocenters. The summed E-state index contributed by atoms with van der Waals surface area (Å²) >= 11 is 1.80. The molecule has 7 heteroatoms. The van der Waals surface area contributed by atoms with Crippen molar-refractivity contribution in [3.63, 3.8) is 0 Å². The molecule has 0 spiro atoms. The van der Waals surface area contributed by atoms with Crippen molar-refractivity contribution in [3.05, 3.63) is 75.2 Å². The molecule has 1 aliphatic heterocycles. The summed E-state index contributed by atoms with van der Waals surface area (Å²) in [5.41, 5.74) is 4.18. The van der Waals surface area contributed by atoms with Crippen molar-refractivity contribution in [2.24, 2.45) is 0 Å². The number of carbonyl (C=O) groups is 2. The van der Waals surface area contributed by atoms with Crippen LogP contribution < -0.4 is 10.2 Å². The number of nitrogens with zero attached hydrogens (tertiary/aromatic N) is 2. The Morgan fingerprint density at radius 3 is 2.83 bits per heavy atom. The molecule has 30 heavy (non-hydrogen) atoms. The van der Waals surface area contributed by atoms with Crippen LogP contribution in [0.5, 0.6) is 0 Å². The zero-order valence-corrected chi connectivity index (χ0v) is 17.8. The van der Waals surface area contributed by atoms with E-state index in [1.807, 2.05) is 24.3 Å². The minimum atomic E-state index is -0.433. The van der Waals surface area contributed by atoms with Gasteiger partial charge in [-0.3, -0.25) is 4.79 Å². The van der Waals surface area contributed by atoms with Crippen LogP contribution in [0.1, 0.15) is 43.9 Å². The number of hydrogen-bond acceptors (Lipinski definition) is 6. The van der Waals surface area contributed by atoms with Gasteiger partial charge in [0.05, 0.1) is 29.2 Å². The summed E-state index contributed by atoms with van der Waals surface area (Å²) in [4.78, 5) is 32.9. The van der Waals surface area contributed by atoms with Gasteiger partial charge in [-0.15, -0.1) is 11.3 Å². The van der Waals surface area contributed by atoms with Crippen LogP contribution in [-0.4, -0.2) is 30.0 Å². The first-order valence-corrected chi connectivity index (χ1v) is 10.8. The Balaban J connectivity index is 1.53. The van der Waals surface area contributed by atoms with Crippen molar-refractivity contribution in [1.82, 2.24) is 4.98 Å². The molecule has 1 aromatic carbocycles. The van der Waals surface area contributed by atoms with Crippen LogP contribution in [0, 0.1) is 6.92 Å². The number of pyridine rings is 1. The molecule has 2 aromatic heterocycles. The van der Waals surface area contributed by atoms with Crippen molar-refractivity contribution in [1.29, 1.82) is 0 Å². The molecule has 3 aromatic rings. The summed E-state index contributed by atoms with van der Waals surface area (Å²) in [5.74, 6) is -0.744. The Bertz CT molecular complexity index is 1090. The van der Waals surface area contributed by atoms with E-state index in [0.717, 1.165) is 30.9 Å². The first-order chi connectivity index (χ1) is 14.6. The van der Waals surface area contributed by atoms with E-state index in [4.69, 9.17) is 4.74 Å². The fraction of sp³-hybridized carbons (Fsp3) is 0.261. The molecule has 6 nitrogen and oxygen atoms in total. The summed E-state index contributed by atoms with van der Waals surface area (Å²) in [6.45, 7) is 5.48. The summed E-state index contributed by atoms with van der Waals surface area (Å²) in [6.07, 6.45) is 1.01. The van der Waals surface area contributed by atoms with Gasteiger partial charge in [-0.25, -0.2) is 9.78 Å². The number of thiophene rings is 1. The number of esters is 1. The van der Waals surface area contributed by atoms with Gasteiger partial charge in [-0.2, -0.15) is 0 Å². The Morgan fingerprint density at radius 2 is 2.03 bits per heavy atom.